The topological polar surface area (TPSA) is 89.3 Å². The Labute approximate surface area is 159 Å². The standard InChI is InChI=1S/C19H18F2N4O3/c1-10-9-22-19(28-10)11(2)23-18(26)17-15(27-3)4-5-16(25-17)24-14-7-12(20)6-13(21)8-14/h4-9,11H,1-3H3,(H,23,26)(H,24,25). The van der Waals surface area contributed by atoms with Gasteiger partial charge in [0.1, 0.15) is 35.0 Å². The largest absolute Gasteiger partial charge is 0.494 e. The zero-order valence-corrected chi connectivity index (χ0v) is 15.4. The Hall–Kier alpha value is -3.49. The summed E-state index contributed by atoms with van der Waals surface area (Å²) in [5.41, 5.74) is 0.157. The highest BCUT2D eigenvalue weighted by Gasteiger charge is 2.20. The van der Waals surface area contributed by atoms with Crippen LogP contribution in [0.4, 0.5) is 20.3 Å². The van der Waals surface area contributed by atoms with Gasteiger partial charge in [0.15, 0.2) is 5.69 Å². The molecule has 0 spiro atoms. The maximum atomic E-state index is 13.4. The van der Waals surface area contributed by atoms with Gasteiger partial charge < -0.3 is 19.8 Å². The molecule has 2 heterocycles. The van der Waals surface area contributed by atoms with Crippen molar-refractivity contribution in [2.45, 2.75) is 19.9 Å². The summed E-state index contributed by atoms with van der Waals surface area (Å²) in [7, 11) is 1.41. The highest BCUT2D eigenvalue weighted by atomic mass is 19.1. The van der Waals surface area contributed by atoms with E-state index in [4.69, 9.17) is 9.15 Å². The molecule has 2 N–H and O–H groups in total. The van der Waals surface area contributed by atoms with Crippen LogP contribution in [0.5, 0.6) is 5.75 Å². The van der Waals surface area contributed by atoms with Crippen molar-refractivity contribution in [1.82, 2.24) is 15.3 Å². The van der Waals surface area contributed by atoms with Gasteiger partial charge in [-0.05, 0) is 38.1 Å². The number of hydrogen-bond acceptors (Lipinski definition) is 6. The lowest BCUT2D eigenvalue weighted by Gasteiger charge is -2.14. The van der Waals surface area contributed by atoms with Crippen molar-refractivity contribution in [1.29, 1.82) is 0 Å². The molecule has 3 rings (SSSR count). The van der Waals surface area contributed by atoms with Gasteiger partial charge in [0, 0.05) is 11.8 Å². The van der Waals surface area contributed by atoms with E-state index in [0.29, 0.717) is 11.7 Å². The number of amides is 1. The molecule has 0 aliphatic heterocycles. The average molecular weight is 388 g/mol. The van der Waals surface area contributed by atoms with Gasteiger partial charge in [-0.2, -0.15) is 0 Å². The summed E-state index contributed by atoms with van der Waals surface area (Å²) in [6, 6.07) is 5.54. The first-order valence-electron chi connectivity index (χ1n) is 8.37. The van der Waals surface area contributed by atoms with Crippen LogP contribution < -0.4 is 15.4 Å². The van der Waals surface area contributed by atoms with Crippen molar-refractivity contribution in [3.05, 3.63) is 65.5 Å². The number of methoxy groups -OCH3 is 1. The van der Waals surface area contributed by atoms with Gasteiger partial charge in [0.2, 0.25) is 5.89 Å². The zero-order chi connectivity index (χ0) is 20.3. The molecule has 1 atom stereocenters. The summed E-state index contributed by atoms with van der Waals surface area (Å²) in [6.45, 7) is 3.47. The maximum Gasteiger partial charge on any atom is 0.274 e. The van der Waals surface area contributed by atoms with Crippen LogP contribution in [0.1, 0.15) is 35.1 Å². The van der Waals surface area contributed by atoms with E-state index in [1.807, 2.05) is 0 Å². The molecule has 0 saturated heterocycles. The Morgan fingerprint density at radius 3 is 2.54 bits per heavy atom. The fourth-order valence-corrected chi connectivity index (χ4v) is 2.52. The van der Waals surface area contributed by atoms with Crippen LogP contribution in [0.3, 0.4) is 0 Å². The molecule has 0 aliphatic carbocycles. The maximum absolute atomic E-state index is 13.4. The second-order valence-corrected chi connectivity index (χ2v) is 6.03. The van der Waals surface area contributed by atoms with Crippen molar-refractivity contribution >= 4 is 17.4 Å². The van der Waals surface area contributed by atoms with Crippen molar-refractivity contribution in [2.24, 2.45) is 0 Å². The van der Waals surface area contributed by atoms with Crippen LogP contribution in [0.15, 0.2) is 40.9 Å². The minimum atomic E-state index is -0.732. The summed E-state index contributed by atoms with van der Waals surface area (Å²) in [6.07, 6.45) is 1.56. The molecule has 28 heavy (non-hydrogen) atoms. The number of carbonyl (C=O) groups is 1. The second-order valence-electron chi connectivity index (χ2n) is 6.03. The third kappa shape index (κ3) is 4.43. The van der Waals surface area contributed by atoms with E-state index in [1.165, 1.54) is 19.2 Å². The van der Waals surface area contributed by atoms with Crippen molar-refractivity contribution < 1.29 is 22.7 Å². The number of ether oxygens (including phenoxy) is 1. The number of aromatic nitrogens is 2. The van der Waals surface area contributed by atoms with Crippen LogP contribution in [-0.4, -0.2) is 23.0 Å². The first-order valence-corrected chi connectivity index (χ1v) is 8.37. The van der Waals surface area contributed by atoms with Gasteiger partial charge in [-0.3, -0.25) is 4.79 Å². The molecule has 9 heteroatoms. The van der Waals surface area contributed by atoms with E-state index >= 15 is 0 Å². The first-order chi connectivity index (χ1) is 13.4. The van der Waals surface area contributed by atoms with Crippen molar-refractivity contribution in [3.8, 4) is 5.75 Å². The van der Waals surface area contributed by atoms with Crippen LogP contribution in [0.2, 0.25) is 0 Å². The molecule has 1 aromatic carbocycles. The number of aryl methyl sites for hydroxylation is 1. The normalized spacial score (nSPS) is 11.8. The van der Waals surface area contributed by atoms with Gasteiger partial charge in [-0.15, -0.1) is 0 Å². The summed E-state index contributed by atoms with van der Waals surface area (Å²) in [4.78, 5) is 20.9. The summed E-state index contributed by atoms with van der Waals surface area (Å²) in [5, 5.41) is 5.49. The van der Waals surface area contributed by atoms with E-state index in [0.717, 1.165) is 18.2 Å². The Kier molecular flexibility index (Phi) is 5.53. The number of carbonyl (C=O) groups excluding carboxylic acids is 1. The minimum absolute atomic E-state index is 0.000460. The number of anilines is 2. The lowest BCUT2D eigenvalue weighted by molar-refractivity contribution is 0.0925. The number of hydrogen-bond donors (Lipinski definition) is 2. The van der Waals surface area contributed by atoms with Gasteiger partial charge >= 0.3 is 0 Å². The molecule has 0 fully saturated rings. The van der Waals surface area contributed by atoms with Gasteiger partial charge in [-0.1, -0.05) is 0 Å². The minimum Gasteiger partial charge on any atom is -0.494 e. The van der Waals surface area contributed by atoms with E-state index in [-0.39, 0.29) is 22.9 Å². The average Bonchev–Trinajstić information content (AvgIpc) is 3.07. The third-order valence-electron chi connectivity index (χ3n) is 3.79. The number of oxazole rings is 1. The number of rotatable bonds is 6. The fraction of sp³-hybridized carbons (Fsp3) is 0.211. The van der Waals surface area contributed by atoms with Crippen LogP contribution in [0.25, 0.3) is 0 Å². The van der Waals surface area contributed by atoms with E-state index in [2.05, 4.69) is 20.6 Å². The van der Waals surface area contributed by atoms with Crippen LogP contribution >= 0.6 is 0 Å². The van der Waals surface area contributed by atoms with E-state index in [1.54, 1.807) is 20.0 Å². The second kappa shape index (κ2) is 8.03. The molecular formula is C19H18F2N4O3. The number of halogens is 2. The molecule has 1 amide bonds. The molecular weight excluding hydrogens is 370 g/mol. The zero-order valence-electron chi connectivity index (χ0n) is 15.4. The highest BCUT2D eigenvalue weighted by molar-refractivity contribution is 5.95. The monoisotopic (exact) mass is 388 g/mol. The number of nitrogens with one attached hydrogen (secondary N) is 2. The molecule has 1 unspecified atom stereocenters. The number of pyridine rings is 1. The Morgan fingerprint density at radius 1 is 1.21 bits per heavy atom. The van der Waals surface area contributed by atoms with Crippen LogP contribution in [0, 0.1) is 18.6 Å². The lowest BCUT2D eigenvalue weighted by atomic mass is 10.2. The Balaban J connectivity index is 1.82. The molecule has 7 nitrogen and oxygen atoms in total. The molecule has 3 aromatic rings. The van der Waals surface area contributed by atoms with E-state index < -0.39 is 23.6 Å². The Bertz CT molecular complexity index is 986. The molecule has 0 radical (unpaired) electrons. The first kappa shape index (κ1) is 19.3. The fourth-order valence-electron chi connectivity index (χ4n) is 2.52. The van der Waals surface area contributed by atoms with Gasteiger partial charge in [0.25, 0.3) is 5.91 Å². The Morgan fingerprint density at radius 2 is 1.93 bits per heavy atom. The number of nitrogens with zero attached hydrogens (tertiary/aromatic N) is 2. The van der Waals surface area contributed by atoms with Crippen molar-refractivity contribution in [2.75, 3.05) is 12.4 Å². The molecule has 0 aliphatic rings. The predicted molar refractivity (Wildman–Crippen MR) is 97.6 cm³/mol. The van der Waals surface area contributed by atoms with Crippen molar-refractivity contribution in [3.63, 3.8) is 0 Å². The third-order valence-corrected chi connectivity index (χ3v) is 3.79. The highest BCUT2D eigenvalue weighted by Crippen LogP contribution is 2.23. The summed E-state index contributed by atoms with van der Waals surface area (Å²) in [5.74, 6) is -0.545. The van der Waals surface area contributed by atoms with E-state index in [9.17, 15) is 13.6 Å². The molecule has 0 bridgehead atoms. The predicted octanol–water partition coefficient (Wildman–Crippen LogP) is 3.90. The molecule has 0 saturated carbocycles. The summed E-state index contributed by atoms with van der Waals surface area (Å²) < 4.78 is 37.3. The molecule has 2 aromatic heterocycles. The van der Waals surface area contributed by atoms with Gasteiger partial charge in [0.05, 0.1) is 13.3 Å². The SMILES string of the molecule is COc1ccc(Nc2cc(F)cc(F)c2)nc1C(=O)NC(C)c1ncc(C)o1. The lowest BCUT2D eigenvalue weighted by Crippen LogP contribution is -2.28. The summed E-state index contributed by atoms with van der Waals surface area (Å²) >= 11 is 0. The number of benzene rings is 1. The van der Waals surface area contributed by atoms with Crippen LogP contribution in [-0.2, 0) is 0 Å². The quantitative estimate of drug-likeness (QED) is 0.666. The smallest absolute Gasteiger partial charge is 0.274 e. The van der Waals surface area contributed by atoms with Gasteiger partial charge in [-0.25, -0.2) is 18.7 Å². The molecule has 146 valence electrons.